The quantitative estimate of drug-likeness (QED) is 0.820. The molecule has 0 heterocycles. The van der Waals surface area contributed by atoms with Crippen molar-refractivity contribution in [3.8, 4) is 0 Å². The van der Waals surface area contributed by atoms with Gasteiger partial charge in [-0.25, -0.2) is 4.39 Å². The number of benzene rings is 1. The Morgan fingerprint density at radius 2 is 1.88 bits per heavy atom. The van der Waals surface area contributed by atoms with E-state index < -0.39 is 17.1 Å². The van der Waals surface area contributed by atoms with Crippen LogP contribution in [0.5, 0.6) is 0 Å². The van der Waals surface area contributed by atoms with Crippen molar-refractivity contribution in [3.05, 3.63) is 35.9 Å². The average molecular weight is 225 g/mol. The van der Waals surface area contributed by atoms with Gasteiger partial charge in [0.2, 0.25) is 0 Å². The van der Waals surface area contributed by atoms with Crippen LogP contribution in [0.15, 0.2) is 30.3 Å². The highest BCUT2D eigenvalue weighted by molar-refractivity contribution is 5.83. The van der Waals surface area contributed by atoms with Gasteiger partial charge in [0.1, 0.15) is 11.1 Å². The lowest BCUT2D eigenvalue weighted by molar-refractivity contribution is -0.149. The van der Waals surface area contributed by atoms with Crippen LogP contribution >= 0.6 is 0 Å². The Labute approximate surface area is 94.1 Å². The molecule has 1 aromatic rings. The van der Waals surface area contributed by atoms with Gasteiger partial charge in [0, 0.05) is 6.54 Å². The van der Waals surface area contributed by atoms with Gasteiger partial charge in [-0.05, 0) is 19.4 Å². The fraction of sp³-hybridized carbons (Fsp3) is 0.417. The maximum Gasteiger partial charge on any atom is 0.318 e. The summed E-state index contributed by atoms with van der Waals surface area (Å²) in [5, 5.41) is 9.29. The molecule has 0 aliphatic rings. The fourth-order valence-electron chi connectivity index (χ4n) is 1.89. The topological polar surface area (TPSA) is 63.3 Å². The van der Waals surface area contributed by atoms with E-state index in [0.717, 1.165) is 0 Å². The van der Waals surface area contributed by atoms with E-state index in [0.29, 0.717) is 5.56 Å². The van der Waals surface area contributed by atoms with Gasteiger partial charge in [-0.15, -0.1) is 0 Å². The number of carboxylic acids is 1. The first-order chi connectivity index (χ1) is 7.36. The summed E-state index contributed by atoms with van der Waals surface area (Å²) in [6.07, 6.45) is 0. The molecule has 16 heavy (non-hydrogen) atoms. The number of alkyl halides is 1. The zero-order valence-corrected chi connectivity index (χ0v) is 9.40. The minimum absolute atomic E-state index is 0.282. The number of hydrogen-bond acceptors (Lipinski definition) is 2. The summed E-state index contributed by atoms with van der Waals surface area (Å²) >= 11 is 0. The molecule has 0 saturated heterocycles. The van der Waals surface area contributed by atoms with Crippen LogP contribution < -0.4 is 5.73 Å². The maximum atomic E-state index is 14.2. The maximum absolute atomic E-state index is 14.2. The molecular weight excluding hydrogens is 209 g/mol. The Morgan fingerprint density at radius 1 is 1.38 bits per heavy atom. The molecule has 1 unspecified atom stereocenters. The Kier molecular flexibility index (Phi) is 3.33. The van der Waals surface area contributed by atoms with Crippen LogP contribution in [0.1, 0.15) is 19.4 Å². The second-order valence-corrected chi connectivity index (χ2v) is 4.25. The number of halogens is 1. The largest absolute Gasteiger partial charge is 0.480 e. The molecule has 4 heteroatoms. The molecule has 0 aliphatic carbocycles. The van der Waals surface area contributed by atoms with Gasteiger partial charge in [-0.2, -0.15) is 0 Å². The third kappa shape index (κ3) is 1.80. The molecule has 1 aromatic carbocycles. The van der Waals surface area contributed by atoms with Crippen LogP contribution in [0, 0.1) is 0 Å². The molecule has 3 nitrogen and oxygen atoms in total. The first kappa shape index (κ1) is 12.6. The lowest BCUT2D eigenvalue weighted by atomic mass is 9.70. The van der Waals surface area contributed by atoms with Gasteiger partial charge in [0.05, 0.1) is 0 Å². The normalized spacial score (nSPS) is 15.5. The van der Waals surface area contributed by atoms with Crippen LogP contribution in [0.25, 0.3) is 0 Å². The summed E-state index contributed by atoms with van der Waals surface area (Å²) in [5.74, 6) is -1.24. The molecule has 0 aromatic heterocycles. The molecule has 0 amide bonds. The summed E-state index contributed by atoms with van der Waals surface area (Å²) in [7, 11) is 0. The zero-order valence-electron chi connectivity index (χ0n) is 9.40. The summed E-state index contributed by atoms with van der Waals surface area (Å²) in [6.45, 7) is 2.19. The van der Waals surface area contributed by atoms with Gasteiger partial charge < -0.3 is 10.8 Å². The van der Waals surface area contributed by atoms with Crippen LogP contribution in [0.3, 0.4) is 0 Å². The lowest BCUT2D eigenvalue weighted by Crippen LogP contribution is -2.55. The van der Waals surface area contributed by atoms with Crippen molar-refractivity contribution in [3.63, 3.8) is 0 Å². The van der Waals surface area contributed by atoms with Crippen molar-refractivity contribution in [1.82, 2.24) is 0 Å². The minimum Gasteiger partial charge on any atom is -0.480 e. The number of nitrogens with two attached hydrogens (primary N) is 1. The van der Waals surface area contributed by atoms with Crippen molar-refractivity contribution in [2.24, 2.45) is 5.73 Å². The Hall–Kier alpha value is -1.42. The predicted octanol–water partition coefficient (Wildman–Crippen LogP) is 1.72. The van der Waals surface area contributed by atoms with E-state index in [-0.39, 0.29) is 6.54 Å². The predicted molar refractivity (Wildman–Crippen MR) is 60.0 cm³/mol. The van der Waals surface area contributed by atoms with Crippen molar-refractivity contribution in [2.45, 2.75) is 24.9 Å². The minimum atomic E-state index is -1.94. The molecule has 0 radical (unpaired) electrons. The molecule has 1 atom stereocenters. The van der Waals surface area contributed by atoms with Crippen LogP contribution in [0.2, 0.25) is 0 Å². The van der Waals surface area contributed by atoms with E-state index >= 15 is 0 Å². The molecule has 0 fully saturated rings. The number of hydrogen-bond donors (Lipinski definition) is 2. The molecule has 88 valence electrons. The molecule has 0 aliphatic heterocycles. The molecule has 0 bridgehead atoms. The number of aliphatic carboxylic acids is 1. The summed E-state index contributed by atoms with van der Waals surface area (Å²) in [4.78, 5) is 11.4. The van der Waals surface area contributed by atoms with Crippen molar-refractivity contribution in [1.29, 1.82) is 0 Å². The highest BCUT2D eigenvalue weighted by atomic mass is 19.1. The molecule has 0 saturated carbocycles. The van der Waals surface area contributed by atoms with Gasteiger partial charge in [0.15, 0.2) is 0 Å². The molecule has 3 N–H and O–H groups in total. The molecule has 0 spiro atoms. The summed E-state index contributed by atoms with van der Waals surface area (Å²) in [6, 6.07) is 8.27. The number of rotatable bonds is 4. The third-order valence-electron chi connectivity index (χ3n) is 2.95. The van der Waals surface area contributed by atoms with E-state index in [1.807, 2.05) is 0 Å². The average Bonchev–Trinajstić information content (AvgIpc) is 2.18. The van der Waals surface area contributed by atoms with E-state index in [1.54, 1.807) is 30.3 Å². The standard InChI is InChI=1S/C12H16FNO2/c1-11(2,13)12(8-14,10(15)16)9-6-4-3-5-7-9/h3-7H,8,14H2,1-2H3,(H,15,16). The SMILES string of the molecule is CC(C)(F)C(CN)(C(=O)O)c1ccccc1. The Balaban J connectivity index is 3.42. The van der Waals surface area contributed by atoms with Gasteiger partial charge in [-0.1, -0.05) is 30.3 Å². The van der Waals surface area contributed by atoms with E-state index in [1.165, 1.54) is 13.8 Å². The molecular formula is C12H16FNO2. The monoisotopic (exact) mass is 225 g/mol. The smallest absolute Gasteiger partial charge is 0.318 e. The third-order valence-corrected chi connectivity index (χ3v) is 2.95. The Bertz CT molecular complexity index is 372. The van der Waals surface area contributed by atoms with Crippen LogP contribution in [-0.4, -0.2) is 23.3 Å². The second-order valence-electron chi connectivity index (χ2n) is 4.25. The Morgan fingerprint density at radius 3 is 2.19 bits per heavy atom. The highest BCUT2D eigenvalue weighted by Gasteiger charge is 2.52. The van der Waals surface area contributed by atoms with Crippen molar-refractivity contribution < 1.29 is 14.3 Å². The highest BCUT2D eigenvalue weighted by Crippen LogP contribution is 2.37. The van der Waals surface area contributed by atoms with Gasteiger partial charge in [-0.3, -0.25) is 4.79 Å². The summed E-state index contributed by atoms with van der Waals surface area (Å²) in [5.41, 5.74) is 2.26. The number of carboxylic acid groups (broad SMARTS) is 1. The van der Waals surface area contributed by atoms with E-state index in [4.69, 9.17) is 5.73 Å². The summed E-state index contributed by atoms with van der Waals surface area (Å²) < 4.78 is 14.2. The second kappa shape index (κ2) is 4.22. The van der Waals surface area contributed by atoms with Crippen LogP contribution in [-0.2, 0) is 10.2 Å². The van der Waals surface area contributed by atoms with Gasteiger partial charge >= 0.3 is 5.97 Å². The fourth-order valence-corrected chi connectivity index (χ4v) is 1.89. The molecule has 1 rings (SSSR count). The van der Waals surface area contributed by atoms with Gasteiger partial charge in [0.25, 0.3) is 0 Å². The van der Waals surface area contributed by atoms with Crippen molar-refractivity contribution in [2.75, 3.05) is 6.54 Å². The first-order valence-corrected chi connectivity index (χ1v) is 5.04. The number of carbonyl (C=O) groups is 1. The zero-order chi connectivity index (χ0) is 12.4. The van der Waals surface area contributed by atoms with Crippen molar-refractivity contribution >= 4 is 5.97 Å². The first-order valence-electron chi connectivity index (χ1n) is 5.04. The van der Waals surface area contributed by atoms with E-state index in [2.05, 4.69) is 0 Å². The van der Waals surface area contributed by atoms with E-state index in [9.17, 15) is 14.3 Å². The van der Waals surface area contributed by atoms with Crippen LogP contribution in [0.4, 0.5) is 4.39 Å². The lowest BCUT2D eigenvalue weighted by Gasteiger charge is -2.37.